The van der Waals surface area contributed by atoms with Crippen LogP contribution in [-0.2, 0) is 42.9 Å². The van der Waals surface area contributed by atoms with E-state index in [4.69, 9.17) is 23.7 Å². The molecular weight excluding hydrogens is 1020 g/mol. The molecule has 458 valence electrons. The summed E-state index contributed by atoms with van der Waals surface area (Å²) in [6.07, 6.45) is 64.6. The fourth-order valence-corrected chi connectivity index (χ4v) is 8.76. The Hall–Kier alpha value is -4.88. The SMILES string of the molecule is CC/C=C\C/C=C\C/C=C\C/C=C\CCCCCCCCC(=O)OC1C(OCC(COC(=O)CCCCCCCCCCC/C=C\C/C=C\CCCCC)OC(=O)CC/C=C\C/C=C\C/C=C\C/C=C\CC)OC(C(=O)O)C(O)C1O. The topological polar surface area (TPSA) is 175 Å². The molecule has 0 amide bonds. The predicted octanol–water partition coefficient (Wildman–Crippen LogP) is 16.8. The van der Waals surface area contributed by atoms with Crippen molar-refractivity contribution in [2.75, 3.05) is 13.2 Å². The van der Waals surface area contributed by atoms with E-state index >= 15 is 0 Å². The number of carboxylic acid groups (broad SMARTS) is 1. The van der Waals surface area contributed by atoms with Crippen molar-refractivity contribution in [3.63, 3.8) is 0 Å². The first-order chi connectivity index (χ1) is 39.6. The van der Waals surface area contributed by atoms with Gasteiger partial charge in [-0.3, -0.25) is 14.4 Å². The third kappa shape index (κ3) is 45.3. The molecular formula is C69H110O12. The highest BCUT2D eigenvalue weighted by molar-refractivity contribution is 5.74. The molecule has 0 spiro atoms. The summed E-state index contributed by atoms with van der Waals surface area (Å²) in [6, 6.07) is 0. The second-order valence-electron chi connectivity index (χ2n) is 20.9. The van der Waals surface area contributed by atoms with E-state index in [1.807, 2.05) is 12.2 Å². The van der Waals surface area contributed by atoms with Gasteiger partial charge in [0.15, 0.2) is 24.6 Å². The molecule has 3 N–H and O–H groups in total. The maximum absolute atomic E-state index is 13.1. The predicted molar refractivity (Wildman–Crippen MR) is 330 cm³/mol. The fourth-order valence-electron chi connectivity index (χ4n) is 8.76. The van der Waals surface area contributed by atoms with Gasteiger partial charge in [-0.15, -0.1) is 0 Å². The van der Waals surface area contributed by atoms with Crippen LogP contribution in [0.2, 0.25) is 0 Å². The van der Waals surface area contributed by atoms with Gasteiger partial charge < -0.3 is 39.0 Å². The van der Waals surface area contributed by atoms with E-state index in [0.717, 1.165) is 116 Å². The van der Waals surface area contributed by atoms with Crippen molar-refractivity contribution in [3.8, 4) is 0 Å². The monoisotopic (exact) mass is 1130 g/mol. The second-order valence-corrected chi connectivity index (χ2v) is 20.9. The minimum Gasteiger partial charge on any atom is -0.479 e. The van der Waals surface area contributed by atoms with Gasteiger partial charge >= 0.3 is 23.9 Å². The Morgan fingerprint density at radius 3 is 1.23 bits per heavy atom. The Balaban J connectivity index is 2.69. The van der Waals surface area contributed by atoms with E-state index in [9.17, 15) is 34.5 Å². The van der Waals surface area contributed by atoms with Gasteiger partial charge in [0.25, 0.3) is 0 Å². The molecule has 12 nitrogen and oxygen atoms in total. The van der Waals surface area contributed by atoms with Crippen LogP contribution in [0.3, 0.4) is 0 Å². The van der Waals surface area contributed by atoms with Crippen molar-refractivity contribution < 1.29 is 58.2 Å². The van der Waals surface area contributed by atoms with Gasteiger partial charge in [0.05, 0.1) is 6.61 Å². The number of aliphatic hydroxyl groups excluding tert-OH is 2. The standard InChI is InChI=1S/C69H110O12/c1-4-7-10-13-16-19-22-25-27-29-31-33-35-38-40-43-46-49-52-55-61(70)77-58-60(79-62(71)56-53-50-47-44-41-37-24-21-18-15-12-9-6-3)59-78-69-67(65(74)64(73)66(81-69)68(75)76)80-63(72)57-54-51-48-45-42-39-36-34-32-30-28-26-23-20-17-14-11-8-5-2/h8-9,11-12,16-21,25-28,32,34,37,41,47,50,60,64-67,69,73-74H,4-7,10,13-15,22-24,29-31,33,35-36,38-40,42-46,48-49,51-59H2,1-3H3,(H,75,76)/b11-8-,12-9-,19-16-,20-17-,21-18-,27-25-,28-26-,34-32-,41-37-,50-47-. The van der Waals surface area contributed by atoms with E-state index < -0.39 is 67.3 Å². The quantitative estimate of drug-likeness (QED) is 0.0228. The molecule has 1 fully saturated rings. The van der Waals surface area contributed by atoms with Crippen molar-refractivity contribution >= 4 is 23.9 Å². The van der Waals surface area contributed by atoms with Crippen molar-refractivity contribution in [2.45, 2.75) is 276 Å². The molecule has 1 rings (SSSR count). The lowest BCUT2D eigenvalue weighted by Gasteiger charge is -2.40. The zero-order valence-electron chi connectivity index (χ0n) is 50.5. The smallest absolute Gasteiger partial charge is 0.335 e. The van der Waals surface area contributed by atoms with Crippen LogP contribution in [0, 0.1) is 0 Å². The van der Waals surface area contributed by atoms with Crippen molar-refractivity contribution in [3.05, 3.63) is 122 Å². The Kier molecular flexibility index (Phi) is 50.9. The summed E-state index contributed by atoms with van der Waals surface area (Å²) < 4.78 is 28.4. The molecule has 0 aromatic carbocycles. The third-order valence-corrected chi connectivity index (χ3v) is 13.5. The number of hydrogen-bond acceptors (Lipinski definition) is 11. The molecule has 6 unspecified atom stereocenters. The Labute approximate surface area is 490 Å². The highest BCUT2D eigenvalue weighted by atomic mass is 16.7. The molecule has 0 aromatic rings. The summed E-state index contributed by atoms with van der Waals surface area (Å²) in [5, 5.41) is 31.6. The highest BCUT2D eigenvalue weighted by Gasteiger charge is 2.50. The van der Waals surface area contributed by atoms with E-state index in [0.29, 0.717) is 25.7 Å². The molecule has 0 bridgehead atoms. The number of allylic oxidation sites excluding steroid dienone is 20. The lowest BCUT2D eigenvalue weighted by atomic mass is 9.98. The van der Waals surface area contributed by atoms with Crippen LogP contribution >= 0.6 is 0 Å². The van der Waals surface area contributed by atoms with Gasteiger partial charge in [0.1, 0.15) is 18.8 Å². The number of carbonyl (C=O) groups excluding carboxylic acids is 3. The van der Waals surface area contributed by atoms with Crippen molar-refractivity contribution in [1.29, 1.82) is 0 Å². The summed E-state index contributed by atoms with van der Waals surface area (Å²) in [5.74, 6) is -3.26. The number of ether oxygens (including phenoxy) is 5. The number of hydrogen-bond donors (Lipinski definition) is 3. The number of unbranched alkanes of at least 4 members (excludes halogenated alkanes) is 18. The average molecular weight is 1130 g/mol. The first-order valence-corrected chi connectivity index (χ1v) is 31.5. The average Bonchev–Trinajstić information content (AvgIpc) is 3.54. The van der Waals surface area contributed by atoms with Crippen LogP contribution in [-0.4, -0.2) is 89.2 Å². The Bertz CT molecular complexity index is 1870. The van der Waals surface area contributed by atoms with Gasteiger partial charge in [0.2, 0.25) is 0 Å². The number of rotatable bonds is 52. The van der Waals surface area contributed by atoms with Crippen LogP contribution in [0.5, 0.6) is 0 Å². The maximum atomic E-state index is 13.1. The van der Waals surface area contributed by atoms with Crippen LogP contribution in [0.1, 0.15) is 239 Å². The summed E-state index contributed by atoms with van der Waals surface area (Å²) in [4.78, 5) is 51.2. The molecule has 1 aliphatic rings. The van der Waals surface area contributed by atoms with Crippen LogP contribution in [0.4, 0.5) is 0 Å². The molecule has 81 heavy (non-hydrogen) atoms. The molecule has 1 aliphatic heterocycles. The lowest BCUT2D eigenvalue weighted by molar-refractivity contribution is -0.301. The molecule has 6 atom stereocenters. The molecule has 12 heteroatoms. The van der Waals surface area contributed by atoms with Gasteiger partial charge in [-0.1, -0.05) is 226 Å². The fraction of sp³-hybridized carbons (Fsp3) is 0.652. The van der Waals surface area contributed by atoms with E-state index in [1.165, 1.54) is 57.8 Å². The minimum atomic E-state index is -1.93. The number of aliphatic hydroxyl groups is 2. The summed E-state index contributed by atoms with van der Waals surface area (Å²) in [5.41, 5.74) is 0. The molecule has 1 saturated heterocycles. The van der Waals surface area contributed by atoms with Crippen molar-refractivity contribution in [1.82, 2.24) is 0 Å². The zero-order chi connectivity index (χ0) is 58.9. The number of carbonyl (C=O) groups is 4. The highest BCUT2D eigenvalue weighted by Crippen LogP contribution is 2.26. The molecule has 0 aromatic heterocycles. The number of aliphatic carboxylic acids is 1. The van der Waals surface area contributed by atoms with Gasteiger partial charge in [-0.2, -0.15) is 0 Å². The Morgan fingerprint density at radius 2 is 0.802 bits per heavy atom. The second kappa shape index (κ2) is 55.6. The number of esters is 3. The molecule has 0 radical (unpaired) electrons. The van der Waals surface area contributed by atoms with Crippen LogP contribution < -0.4 is 0 Å². The summed E-state index contributed by atoms with van der Waals surface area (Å²) >= 11 is 0. The normalized spacial score (nSPS) is 18.6. The van der Waals surface area contributed by atoms with E-state index in [1.54, 1.807) is 0 Å². The number of carboxylic acids is 1. The van der Waals surface area contributed by atoms with Crippen molar-refractivity contribution in [2.24, 2.45) is 0 Å². The molecule has 1 heterocycles. The molecule has 0 saturated carbocycles. The maximum Gasteiger partial charge on any atom is 0.335 e. The van der Waals surface area contributed by atoms with Gasteiger partial charge in [0, 0.05) is 19.3 Å². The lowest BCUT2D eigenvalue weighted by Crippen LogP contribution is -2.61. The zero-order valence-corrected chi connectivity index (χ0v) is 50.5. The summed E-state index contributed by atoms with van der Waals surface area (Å²) in [7, 11) is 0. The van der Waals surface area contributed by atoms with Gasteiger partial charge in [-0.25, -0.2) is 4.79 Å². The van der Waals surface area contributed by atoms with E-state index in [2.05, 4.69) is 130 Å². The van der Waals surface area contributed by atoms with Gasteiger partial charge in [-0.05, 0) is 116 Å². The molecule has 0 aliphatic carbocycles. The summed E-state index contributed by atoms with van der Waals surface area (Å²) in [6.45, 7) is 5.67. The Morgan fingerprint density at radius 1 is 0.420 bits per heavy atom. The first-order valence-electron chi connectivity index (χ1n) is 31.5. The van der Waals surface area contributed by atoms with E-state index in [-0.39, 0.29) is 25.9 Å². The van der Waals surface area contributed by atoms with Crippen LogP contribution in [0.15, 0.2) is 122 Å². The third-order valence-electron chi connectivity index (χ3n) is 13.5. The first kappa shape index (κ1) is 74.1. The van der Waals surface area contributed by atoms with Crippen LogP contribution in [0.25, 0.3) is 0 Å². The minimum absolute atomic E-state index is 0.0298. The largest absolute Gasteiger partial charge is 0.479 e.